The second kappa shape index (κ2) is 7.37. The van der Waals surface area contributed by atoms with Gasteiger partial charge in [-0.3, -0.25) is 4.79 Å². The number of esters is 1. The Kier molecular flexibility index (Phi) is 5.24. The molecule has 0 aromatic heterocycles. The van der Waals surface area contributed by atoms with Gasteiger partial charge in [0.25, 0.3) is 0 Å². The fourth-order valence-corrected chi connectivity index (χ4v) is 8.44. The van der Waals surface area contributed by atoms with Crippen molar-refractivity contribution in [3.8, 4) is 0 Å². The molecule has 4 aliphatic carbocycles. The maximum absolute atomic E-state index is 13.1. The SMILES string of the molecule is CC1=C(C)C(=O)O[C@@H]([C@](C)(O)[C@]2(O)C[C@H](O)[C@@]3(O)C4CC=C5CC=CC(=O)[C@]5(C)C4CC[C@]23C)C1. The van der Waals surface area contributed by atoms with Gasteiger partial charge in [0.1, 0.15) is 22.9 Å². The van der Waals surface area contributed by atoms with Gasteiger partial charge in [-0.2, -0.15) is 0 Å². The average molecular weight is 487 g/mol. The maximum Gasteiger partial charge on any atom is 0.334 e. The standard InChI is InChI=1S/C28H38O7/c1-15-13-22(35-23(31)16(15)2)26(5,32)27(33)14-21(30)28(34)19-10-9-17-7-6-8-20(29)25(17,4)18(19)11-12-24(27,28)3/h6,8-9,18-19,21-22,30,32-34H,7,10-14H2,1-5H3/t18?,19?,21-,22+,24+,25-,26-,27-,28-/m0/s1. The summed E-state index contributed by atoms with van der Waals surface area (Å²) in [5.74, 6) is -1.19. The third-order valence-corrected chi connectivity index (χ3v) is 11.1. The van der Waals surface area contributed by atoms with Gasteiger partial charge in [0.15, 0.2) is 5.78 Å². The predicted octanol–water partition coefficient (Wildman–Crippen LogP) is 2.51. The number of carbonyl (C=O) groups is 2. The Bertz CT molecular complexity index is 1080. The molecule has 0 saturated heterocycles. The van der Waals surface area contributed by atoms with Crippen LogP contribution in [0.15, 0.2) is 34.9 Å². The van der Waals surface area contributed by atoms with Crippen molar-refractivity contribution in [3.05, 3.63) is 34.9 Å². The lowest BCUT2D eigenvalue weighted by atomic mass is 9.44. The third kappa shape index (κ3) is 2.76. The molecule has 2 fully saturated rings. The molecule has 1 aliphatic heterocycles. The van der Waals surface area contributed by atoms with Gasteiger partial charge < -0.3 is 25.2 Å². The first-order valence-corrected chi connectivity index (χ1v) is 12.8. The molecule has 0 spiro atoms. The summed E-state index contributed by atoms with van der Waals surface area (Å²) in [6, 6.07) is 0. The minimum Gasteiger partial charge on any atom is -0.455 e. The van der Waals surface area contributed by atoms with Crippen molar-refractivity contribution >= 4 is 11.8 Å². The molecule has 0 aromatic rings. The zero-order valence-electron chi connectivity index (χ0n) is 21.3. The highest BCUT2D eigenvalue weighted by Gasteiger charge is 2.79. The van der Waals surface area contributed by atoms with Crippen LogP contribution in [0.1, 0.15) is 73.1 Å². The van der Waals surface area contributed by atoms with E-state index in [4.69, 9.17) is 4.74 Å². The molecular weight excluding hydrogens is 448 g/mol. The second-order valence-electron chi connectivity index (χ2n) is 12.3. The van der Waals surface area contributed by atoms with Crippen LogP contribution in [0.4, 0.5) is 0 Å². The lowest BCUT2D eigenvalue weighted by Gasteiger charge is -2.63. The lowest BCUT2D eigenvalue weighted by Crippen LogP contribution is -2.72. The van der Waals surface area contributed by atoms with E-state index in [-0.39, 0.29) is 24.5 Å². The number of aliphatic hydroxyl groups excluding tert-OH is 1. The van der Waals surface area contributed by atoms with Gasteiger partial charge in [-0.25, -0.2) is 4.79 Å². The van der Waals surface area contributed by atoms with Crippen LogP contribution in [0.25, 0.3) is 0 Å². The molecule has 2 unspecified atom stereocenters. The van der Waals surface area contributed by atoms with E-state index < -0.39 is 51.7 Å². The predicted molar refractivity (Wildman–Crippen MR) is 128 cm³/mol. The Labute approximate surface area is 206 Å². The third-order valence-electron chi connectivity index (χ3n) is 11.1. The van der Waals surface area contributed by atoms with Crippen LogP contribution in [-0.4, -0.2) is 61.2 Å². The summed E-state index contributed by atoms with van der Waals surface area (Å²) >= 11 is 0. The van der Waals surface area contributed by atoms with Crippen molar-refractivity contribution in [3.63, 3.8) is 0 Å². The number of hydrogen-bond acceptors (Lipinski definition) is 7. The summed E-state index contributed by atoms with van der Waals surface area (Å²) in [6.07, 6.45) is 5.24. The van der Waals surface area contributed by atoms with Gasteiger partial charge in [-0.15, -0.1) is 0 Å². The Hall–Kier alpha value is -1.80. The van der Waals surface area contributed by atoms with E-state index in [1.165, 1.54) is 6.92 Å². The van der Waals surface area contributed by atoms with Crippen LogP contribution >= 0.6 is 0 Å². The summed E-state index contributed by atoms with van der Waals surface area (Å²) in [4.78, 5) is 25.6. The molecule has 0 amide bonds. The average Bonchev–Trinajstić information content (AvgIpc) is 2.96. The Balaban J connectivity index is 1.57. The van der Waals surface area contributed by atoms with Crippen molar-refractivity contribution in [2.75, 3.05) is 0 Å². The molecular formula is C28H38O7. The van der Waals surface area contributed by atoms with Crippen LogP contribution in [-0.2, 0) is 14.3 Å². The van der Waals surface area contributed by atoms with Gasteiger partial charge in [0.05, 0.1) is 11.5 Å². The quantitative estimate of drug-likeness (QED) is 0.349. The molecule has 0 bridgehead atoms. The van der Waals surface area contributed by atoms with Gasteiger partial charge in [-0.05, 0) is 71.3 Å². The smallest absolute Gasteiger partial charge is 0.334 e. The number of ketones is 1. The largest absolute Gasteiger partial charge is 0.455 e. The first-order valence-electron chi connectivity index (χ1n) is 12.8. The summed E-state index contributed by atoms with van der Waals surface area (Å²) in [6.45, 7) is 8.60. The Morgan fingerprint density at radius 2 is 1.83 bits per heavy atom. The molecule has 2 saturated carbocycles. The van der Waals surface area contributed by atoms with Gasteiger partial charge in [-0.1, -0.05) is 30.2 Å². The van der Waals surface area contributed by atoms with Gasteiger partial charge in [0, 0.05) is 23.8 Å². The van der Waals surface area contributed by atoms with Crippen LogP contribution < -0.4 is 0 Å². The monoisotopic (exact) mass is 486 g/mol. The molecule has 7 nitrogen and oxygen atoms in total. The minimum atomic E-state index is -1.93. The zero-order valence-corrected chi connectivity index (χ0v) is 21.3. The molecule has 0 aromatic carbocycles. The fourth-order valence-electron chi connectivity index (χ4n) is 8.44. The number of ether oxygens (including phenoxy) is 1. The highest BCUT2D eigenvalue weighted by Crippen LogP contribution is 2.70. The molecule has 5 rings (SSSR count). The van der Waals surface area contributed by atoms with E-state index in [0.717, 1.165) is 11.1 Å². The minimum absolute atomic E-state index is 0.0124. The van der Waals surface area contributed by atoms with E-state index >= 15 is 0 Å². The maximum atomic E-state index is 13.1. The van der Waals surface area contributed by atoms with Crippen LogP contribution in [0.3, 0.4) is 0 Å². The van der Waals surface area contributed by atoms with Crippen LogP contribution in [0.5, 0.6) is 0 Å². The molecule has 0 radical (unpaired) electrons. The van der Waals surface area contributed by atoms with E-state index in [9.17, 15) is 30.0 Å². The number of carbonyl (C=O) groups excluding carboxylic acids is 2. The highest BCUT2D eigenvalue weighted by atomic mass is 16.6. The van der Waals surface area contributed by atoms with Gasteiger partial charge >= 0.3 is 5.97 Å². The number of allylic oxidation sites excluding steroid dienone is 4. The molecule has 35 heavy (non-hydrogen) atoms. The fraction of sp³-hybridized carbons (Fsp3) is 0.714. The number of cyclic esters (lactones) is 1. The summed E-state index contributed by atoms with van der Waals surface area (Å²) in [7, 11) is 0. The molecule has 192 valence electrons. The molecule has 1 heterocycles. The van der Waals surface area contributed by atoms with Gasteiger partial charge in [0.2, 0.25) is 0 Å². The van der Waals surface area contributed by atoms with Crippen LogP contribution in [0, 0.1) is 22.7 Å². The summed E-state index contributed by atoms with van der Waals surface area (Å²) < 4.78 is 5.58. The van der Waals surface area contributed by atoms with E-state index in [0.29, 0.717) is 31.3 Å². The van der Waals surface area contributed by atoms with E-state index in [2.05, 4.69) is 0 Å². The van der Waals surface area contributed by atoms with Crippen LogP contribution in [0.2, 0.25) is 0 Å². The second-order valence-corrected chi connectivity index (χ2v) is 12.3. The zero-order chi connectivity index (χ0) is 25.8. The molecule has 9 atom stereocenters. The summed E-state index contributed by atoms with van der Waals surface area (Å²) in [5, 5.41) is 47.9. The number of aliphatic hydroxyl groups is 4. The van der Waals surface area contributed by atoms with Crippen molar-refractivity contribution in [1.82, 2.24) is 0 Å². The normalized spacial score (nSPS) is 49.0. The highest BCUT2D eigenvalue weighted by molar-refractivity contribution is 5.98. The van der Waals surface area contributed by atoms with E-state index in [1.807, 2.05) is 19.1 Å². The van der Waals surface area contributed by atoms with E-state index in [1.54, 1.807) is 26.8 Å². The Morgan fingerprint density at radius 3 is 2.49 bits per heavy atom. The number of hydrogen-bond donors (Lipinski definition) is 4. The van der Waals surface area contributed by atoms with Crippen molar-refractivity contribution in [1.29, 1.82) is 0 Å². The molecule has 7 heteroatoms. The van der Waals surface area contributed by atoms with Crippen molar-refractivity contribution in [2.45, 2.75) is 102 Å². The lowest BCUT2D eigenvalue weighted by molar-refractivity contribution is -0.283. The first kappa shape index (κ1) is 24.9. The number of rotatable bonds is 2. The molecule has 4 N–H and O–H groups in total. The Morgan fingerprint density at radius 1 is 1.14 bits per heavy atom. The number of fused-ring (bicyclic) bond motifs is 5. The van der Waals surface area contributed by atoms with Crippen molar-refractivity contribution in [2.24, 2.45) is 22.7 Å². The molecule has 5 aliphatic rings. The topological polar surface area (TPSA) is 124 Å². The first-order chi connectivity index (χ1) is 16.2. The summed E-state index contributed by atoms with van der Waals surface area (Å²) in [5.41, 5.74) is -5.33. The van der Waals surface area contributed by atoms with Crippen molar-refractivity contribution < 1.29 is 34.8 Å².